The Morgan fingerprint density at radius 3 is 2.27 bits per heavy atom. The van der Waals surface area contributed by atoms with Crippen molar-refractivity contribution in [2.75, 3.05) is 0 Å². The first-order chi connectivity index (χ1) is 7.43. The van der Waals surface area contributed by atoms with Crippen molar-refractivity contribution < 1.29 is 4.57 Å². The highest BCUT2D eigenvalue weighted by molar-refractivity contribution is 5.20. The molecule has 0 fully saturated rings. The molecule has 15 heavy (non-hydrogen) atoms. The molecule has 0 saturated heterocycles. The summed E-state index contributed by atoms with van der Waals surface area (Å²) in [6.07, 6.45) is 23.5. The van der Waals surface area contributed by atoms with Gasteiger partial charge < -0.3 is 0 Å². The van der Waals surface area contributed by atoms with E-state index >= 15 is 0 Å². The van der Waals surface area contributed by atoms with Gasteiger partial charge in [-0.3, -0.25) is 0 Å². The predicted octanol–water partition coefficient (Wildman–Crippen LogP) is 2.11. The van der Waals surface area contributed by atoms with Gasteiger partial charge in [0.1, 0.15) is 24.5 Å². The fourth-order valence-corrected chi connectivity index (χ4v) is 1.98. The highest BCUT2D eigenvalue weighted by Gasteiger charge is 2.16. The molecule has 3 rings (SSSR count). The highest BCUT2D eigenvalue weighted by atomic mass is 15.1. The molecule has 0 radical (unpaired) electrons. The number of allylic oxidation sites excluding steroid dienone is 8. The number of nitrogens with zero attached hydrogens (tertiary/aromatic N) is 2. The van der Waals surface area contributed by atoms with E-state index in [0.29, 0.717) is 12.1 Å². The van der Waals surface area contributed by atoms with Gasteiger partial charge in [-0.25, -0.2) is 9.13 Å². The maximum absolute atomic E-state index is 2.21. The lowest BCUT2D eigenvalue weighted by Gasteiger charge is -2.01. The van der Waals surface area contributed by atoms with Crippen molar-refractivity contribution in [2.45, 2.75) is 12.1 Å². The molecule has 0 saturated carbocycles. The Balaban J connectivity index is 1.87. The minimum absolute atomic E-state index is 0.389. The van der Waals surface area contributed by atoms with E-state index in [2.05, 4.69) is 76.5 Å². The molecule has 2 nitrogen and oxygen atoms in total. The van der Waals surface area contributed by atoms with E-state index in [1.54, 1.807) is 0 Å². The van der Waals surface area contributed by atoms with Crippen molar-refractivity contribution in [2.24, 2.45) is 0 Å². The summed E-state index contributed by atoms with van der Waals surface area (Å²) >= 11 is 0. The van der Waals surface area contributed by atoms with Crippen molar-refractivity contribution in [3.05, 3.63) is 67.3 Å². The standard InChI is InChI=1S/C13H13N2/c1-2-6-12(5-1)14-9-10-15(11-14)13-7-3-4-8-13/h1-13H/q+1. The molecule has 0 aliphatic heterocycles. The van der Waals surface area contributed by atoms with E-state index in [1.165, 1.54) is 0 Å². The van der Waals surface area contributed by atoms with Crippen LogP contribution < -0.4 is 4.57 Å². The number of hydrogen-bond acceptors (Lipinski definition) is 0. The van der Waals surface area contributed by atoms with E-state index in [4.69, 9.17) is 0 Å². The second kappa shape index (κ2) is 3.39. The third kappa shape index (κ3) is 1.48. The SMILES string of the molecule is C1=CC(n2cc[n+](C3C=CC=C3)c2)C=C1. The summed E-state index contributed by atoms with van der Waals surface area (Å²) in [5.41, 5.74) is 0. The van der Waals surface area contributed by atoms with Crippen molar-refractivity contribution in [1.82, 2.24) is 4.57 Å². The minimum Gasteiger partial charge on any atom is -0.227 e. The number of rotatable bonds is 2. The summed E-state index contributed by atoms with van der Waals surface area (Å²) in [7, 11) is 0. The van der Waals surface area contributed by atoms with E-state index in [0.717, 1.165) is 0 Å². The van der Waals surface area contributed by atoms with Gasteiger partial charge >= 0.3 is 0 Å². The molecule has 0 spiro atoms. The molecule has 1 aromatic heterocycles. The molecule has 1 aromatic rings. The molecule has 0 atom stereocenters. The zero-order chi connectivity index (χ0) is 10.1. The lowest BCUT2D eigenvalue weighted by Crippen LogP contribution is -2.34. The molecule has 0 N–H and O–H groups in total. The summed E-state index contributed by atoms with van der Waals surface area (Å²) in [4.78, 5) is 0. The van der Waals surface area contributed by atoms with Crippen LogP contribution in [0.4, 0.5) is 0 Å². The number of hydrogen-bond donors (Lipinski definition) is 0. The Hall–Kier alpha value is -1.83. The van der Waals surface area contributed by atoms with Crippen LogP contribution in [0.3, 0.4) is 0 Å². The Labute approximate surface area is 89.2 Å². The Bertz CT molecular complexity index is 408. The first-order valence-corrected chi connectivity index (χ1v) is 5.22. The normalized spacial score (nSPS) is 19.7. The zero-order valence-electron chi connectivity index (χ0n) is 8.40. The van der Waals surface area contributed by atoms with E-state index in [9.17, 15) is 0 Å². The van der Waals surface area contributed by atoms with Crippen LogP contribution in [0.2, 0.25) is 0 Å². The average molecular weight is 197 g/mol. The van der Waals surface area contributed by atoms with Crippen LogP contribution in [-0.2, 0) is 0 Å². The van der Waals surface area contributed by atoms with E-state index in [1.807, 2.05) is 0 Å². The van der Waals surface area contributed by atoms with E-state index in [-0.39, 0.29) is 0 Å². The number of aromatic nitrogens is 2. The van der Waals surface area contributed by atoms with Crippen LogP contribution in [0.25, 0.3) is 0 Å². The van der Waals surface area contributed by atoms with Gasteiger partial charge in [0, 0.05) is 0 Å². The quantitative estimate of drug-likeness (QED) is 0.642. The third-order valence-corrected chi connectivity index (χ3v) is 2.82. The lowest BCUT2D eigenvalue weighted by molar-refractivity contribution is -0.701. The lowest BCUT2D eigenvalue weighted by atomic mass is 10.3. The van der Waals surface area contributed by atoms with Crippen LogP contribution in [0.5, 0.6) is 0 Å². The molecule has 74 valence electrons. The molecule has 2 aliphatic carbocycles. The second-order valence-corrected chi connectivity index (χ2v) is 3.83. The van der Waals surface area contributed by atoms with Crippen molar-refractivity contribution in [3.8, 4) is 0 Å². The average Bonchev–Trinajstić information content (AvgIpc) is 3.02. The highest BCUT2D eigenvalue weighted by Crippen LogP contribution is 2.15. The maximum Gasteiger partial charge on any atom is 0.245 e. The van der Waals surface area contributed by atoms with Crippen molar-refractivity contribution >= 4 is 0 Å². The molecule has 0 bridgehead atoms. The third-order valence-electron chi connectivity index (χ3n) is 2.82. The molecule has 1 heterocycles. The summed E-state index contributed by atoms with van der Waals surface area (Å²) in [6, 6.07) is 0.779. The van der Waals surface area contributed by atoms with Gasteiger partial charge in [-0.05, 0) is 24.3 Å². The van der Waals surface area contributed by atoms with Gasteiger partial charge in [-0.15, -0.1) is 0 Å². The van der Waals surface area contributed by atoms with Crippen LogP contribution >= 0.6 is 0 Å². The van der Waals surface area contributed by atoms with Gasteiger partial charge in [0.2, 0.25) is 6.33 Å². The second-order valence-electron chi connectivity index (χ2n) is 3.83. The number of imidazole rings is 1. The molecule has 0 amide bonds. The first kappa shape index (κ1) is 8.48. The van der Waals surface area contributed by atoms with Crippen molar-refractivity contribution in [1.29, 1.82) is 0 Å². The smallest absolute Gasteiger partial charge is 0.227 e. The van der Waals surface area contributed by atoms with Gasteiger partial charge in [0.05, 0.1) is 0 Å². The Morgan fingerprint density at radius 1 is 0.867 bits per heavy atom. The summed E-state index contributed by atoms with van der Waals surface area (Å²) < 4.78 is 4.42. The van der Waals surface area contributed by atoms with Gasteiger partial charge in [-0.2, -0.15) is 0 Å². The molecule has 2 heteroatoms. The fourth-order valence-electron chi connectivity index (χ4n) is 1.98. The van der Waals surface area contributed by atoms with Crippen LogP contribution in [0.15, 0.2) is 67.3 Å². The summed E-state index contributed by atoms with van der Waals surface area (Å²) in [6.45, 7) is 0. The van der Waals surface area contributed by atoms with E-state index < -0.39 is 0 Å². The molecule has 0 unspecified atom stereocenters. The van der Waals surface area contributed by atoms with Crippen LogP contribution in [0, 0.1) is 0 Å². The first-order valence-electron chi connectivity index (χ1n) is 5.22. The summed E-state index contributed by atoms with van der Waals surface area (Å²) in [5, 5.41) is 0. The maximum atomic E-state index is 2.21. The van der Waals surface area contributed by atoms with Gasteiger partial charge in [0.15, 0.2) is 0 Å². The molecule has 2 aliphatic rings. The fraction of sp³-hybridized carbons (Fsp3) is 0.154. The molecule has 0 aromatic carbocycles. The predicted molar refractivity (Wildman–Crippen MR) is 59.3 cm³/mol. The topological polar surface area (TPSA) is 8.81 Å². The van der Waals surface area contributed by atoms with Gasteiger partial charge in [0.25, 0.3) is 0 Å². The Morgan fingerprint density at radius 2 is 1.53 bits per heavy atom. The monoisotopic (exact) mass is 197 g/mol. The largest absolute Gasteiger partial charge is 0.245 e. The minimum atomic E-state index is 0.389. The molecular weight excluding hydrogens is 184 g/mol. The van der Waals surface area contributed by atoms with Crippen LogP contribution in [-0.4, -0.2) is 4.57 Å². The summed E-state index contributed by atoms with van der Waals surface area (Å²) in [5.74, 6) is 0. The van der Waals surface area contributed by atoms with Crippen molar-refractivity contribution in [3.63, 3.8) is 0 Å². The zero-order valence-corrected chi connectivity index (χ0v) is 8.40. The molecular formula is C13H13N2+. The Kier molecular flexibility index (Phi) is 1.91. The van der Waals surface area contributed by atoms with Gasteiger partial charge in [-0.1, -0.05) is 24.3 Å². The van der Waals surface area contributed by atoms with Crippen LogP contribution in [0.1, 0.15) is 12.1 Å².